The summed E-state index contributed by atoms with van der Waals surface area (Å²) >= 11 is 0. The van der Waals surface area contributed by atoms with E-state index in [0.29, 0.717) is 0 Å². The number of hydrogen-bond acceptors (Lipinski definition) is 3. The molecule has 0 unspecified atom stereocenters. The van der Waals surface area contributed by atoms with Gasteiger partial charge in [-0.05, 0) is 64.0 Å². The number of piperidine rings is 1. The lowest BCUT2D eigenvalue weighted by molar-refractivity contribution is 0.175. The van der Waals surface area contributed by atoms with Gasteiger partial charge in [0, 0.05) is 12.7 Å². The van der Waals surface area contributed by atoms with E-state index < -0.39 is 0 Å². The first-order valence-electron chi connectivity index (χ1n) is 6.56. The van der Waals surface area contributed by atoms with Gasteiger partial charge in [0.05, 0.1) is 5.69 Å². The molecule has 4 heteroatoms. The number of aryl methyl sites for hydroxylation is 1. The van der Waals surface area contributed by atoms with Crippen LogP contribution in [0.2, 0.25) is 0 Å². The van der Waals surface area contributed by atoms with Crippen LogP contribution in [0.15, 0.2) is 18.3 Å². The minimum absolute atomic E-state index is 0. The van der Waals surface area contributed by atoms with E-state index in [4.69, 9.17) is 0 Å². The Bertz CT molecular complexity index is 331. The van der Waals surface area contributed by atoms with Crippen LogP contribution in [0, 0.1) is 12.8 Å². The summed E-state index contributed by atoms with van der Waals surface area (Å²) in [5.41, 5.74) is 2.43. The van der Waals surface area contributed by atoms with E-state index in [1.54, 1.807) is 0 Å². The van der Waals surface area contributed by atoms with Crippen LogP contribution in [-0.4, -0.2) is 36.6 Å². The molecule has 0 aliphatic carbocycles. The first kappa shape index (κ1) is 15.4. The maximum Gasteiger partial charge on any atom is 0.0544 e. The molecule has 1 aliphatic rings. The highest BCUT2D eigenvalue weighted by atomic mass is 35.5. The Labute approximate surface area is 116 Å². The summed E-state index contributed by atoms with van der Waals surface area (Å²) in [6.45, 7) is 6.67. The van der Waals surface area contributed by atoms with E-state index in [1.807, 2.05) is 13.2 Å². The smallest absolute Gasteiger partial charge is 0.0544 e. The standard InChI is InChI=1S/C14H23N3.ClH/c1-12-3-4-14(16-9-12)11-17-7-5-13(6-8-17)10-15-2;/h3-4,9,13,15H,5-8,10-11H2,1-2H3;1H. The third-order valence-corrected chi connectivity index (χ3v) is 3.56. The van der Waals surface area contributed by atoms with Gasteiger partial charge in [-0.15, -0.1) is 12.4 Å². The number of aromatic nitrogens is 1. The number of rotatable bonds is 4. The van der Waals surface area contributed by atoms with E-state index in [-0.39, 0.29) is 12.4 Å². The SMILES string of the molecule is CNCC1CCN(Cc2ccc(C)cn2)CC1.Cl. The fraction of sp³-hybridized carbons (Fsp3) is 0.643. The molecule has 0 amide bonds. The van der Waals surface area contributed by atoms with Crippen LogP contribution in [0.25, 0.3) is 0 Å². The lowest BCUT2D eigenvalue weighted by atomic mass is 9.97. The molecule has 1 saturated heterocycles. The molecule has 0 saturated carbocycles. The summed E-state index contributed by atoms with van der Waals surface area (Å²) in [7, 11) is 2.04. The van der Waals surface area contributed by atoms with Crippen molar-refractivity contribution in [3.8, 4) is 0 Å². The van der Waals surface area contributed by atoms with Gasteiger partial charge in [-0.1, -0.05) is 6.07 Å². The van der Waals surface area contributed by atoms with Crippen molar-refractivity contribution in [2.75, 3.05) is 26.7 Å². The van der Waals surface area contributed by atoms with Gasteiger partial charge in [0.15, 0.2) is 0 Å². The number of pyridine rings is 1. The molecule has 1 aromatic rings. The lowest BCUT2D eigenvalue weighted by Gasteiger charge is -2.31. The third kappa shape index (κ3) is 4.56. The molecule has 2 rings (SSSR count). The Kier molecular flexibility index (Phi) is 6.61. The molecule has 3 nitrogen and oxygen atoms in total. The summed E-state index contributed by atoms with van der Waals surface area (Å²) in [6, 6.07) is 4.30. The minimum atomic E-state index is 0. The number of hydrogen-bond donors (Lipinski definition) is 1. The van der Waals surface area contributed by atoms with Crippen molar-refractivity contribution < 1.29 is 0 Å². The molecule has 102 valence electrons. The largest absolute Gasteiger partial charge is 0.319 e. The van der Waals surface area contributed by atoms with Crippen LogP contribution < -0.4 is 5.32 Å². The monoisotopic (exact) mass is 269 g/mol. The molecule has 1 N–H and O–H groups in total. The predicted octanol–water partition coefficient (Wildman–Crippen LogP) is 2.24. The molecule has 0 aromatic carbocycles. The number of nitrogens with zero attached hydrogens (tertiary/aromatic N) is 2. The third-order valence-electron chi connectivity index (χ3n) is 3.56. The highest BCUT2D eigenvalue weighted by Gasteiger charge is 2.18. The molecule has 1 fully saturated rings. The van der Waals surface area contributed by atoms with Gasteiger partial charge in [-0.25, -0.2) is 0 Å². The van der Waals surface area contributed by atoms with Crippen LogP contribution in [0.5, 0.6) is 0 Å². The van der Waals surface area contributed by atoms with Crippen molar-refractivity contribution in [2.24, 2.45) is 5.92 Å². The molecule has 0 bridgehead atoms. The van der Waals surface area contributed by atoms with Crippen molar-refractivity contribution in [3.05, 3.63) is 29.6 Å². The zero-order valence-electron chi connectivity index (χ0n) is 11.4. The van der Waals surface area contributed by atoms with Gasteiger partial charge >= 0.3 is 0 Å². The molecular weight excluding hydrogens is 246 g/mol. The Hall–Kier alpha value is -0.640. The summed E-state index contributed by atoms with van der Waals surface area (Å²) in [5, 5.41) is 3.28. The molecule has 2 heterocycles. The topological polar surface area (TPSA) is 28.2 Å². The highest BCUT2D eigenvalue weighted by molar-refractivity contribution is 5.85. The fourth-order valence-electron chi connectivity index (χ4n) is 2.46. The Morgan fingerprint density at radius 3 is 2.61 bits per heavy atom. The summed E-state index contributed by atoms with van der Waals surface area (Å²) in [4.78, 5) is 6.99. The second-order valence-corrected chi connectivity index (χ2v) is 5.10. The summed E-state index contributed by atoms with van der Waals surface area (Å²) in [5.74, 6) is 0.863. The Morgan fingerprint density at radius 2 is 2.06 bits per heavy atom. The number of halogens is 1. The molecule has 0 atom stereocenters. The first-order valence-corrected chi connectivity index (χ1v) is 6.56. The van der Waals surface area contributed by atoms with Crippen LogP contribution in [0.3, 0.4) is 0 Å². The van der Waals surface area contributed by atoms with Crippen molar-refractivity contribution in [3.63, 3.8) is 0 Å². The Morgan fingerprint density at radius 1 is 1.33 bits per heavy atom. The van der Waals surface area contributed by atoms with E-state index in [2.05, 4.69) is 34.3 Å². The molecule has 0 radical (unpaired) electrons. The number of nitrogens with one attached hydrogen (secondary N) is 1. The second-order valence-electron chi connectivity index (χ2n) is 5.10. The second kappa shape index (κ2) is 7.72. The highest BCUT2D eigenvalue weighted by Crippen LogP contribution is 2.17. The average Bonchev–Trinajstić information content (AvgIpc) is 2.35. The Balaban J connectivity index is 0.00000162. The predicted molar refractivity (Wildman–Crippen MR) is 78.1 cm³/mol. The zero-order valence-corrected chi connectivity index (χ0v) is 12.2. The van der Waals surface area contributed by atoms with E-state index >= 15 is 0 Å². The quantitative estimate of drug-likeness (QED) is 0.909. The van der Waals surface area contributed by atoms with Gasteiger partial charge in [-0.2, -0.15) is 0 Å². The zero-order chi connectivity index (χ0) is 12.1. The van der Waals surface area contributed by atoms with Crippen LogP contribution in [0.1, 0.15) is 24.1 Å². The molecule has 1 aromatic heterocycles. The van der Waals surface area contributed by atoms with Crippen LogP contribution in [0.4, 0.5) is 0 Å². The lowest BCUT2D eigenvalue weighted by Crippen LogP contribution is -2.36. The molecule has 1 aliphatic heterocycles. The molecule has 18 heavy (non-hydrogen) atoms. The van der Waals surface area contributed by atoms with Gasteiger partial charge in [0.1, 0.15) is 0 Å². The maximum absolute atomic E-state index is 4.47. The maximum atomic E-state index is 4.47. The van der Waals surface area contributed by atoms with Crippen molar-refractivity contribution in [2.45, 2.75) is 26.3 Å². The van der Waals surface area contributed by atoms with Crippen molar-refractivity contribution in [1.29, 1.82) is 0 Å². The van der Waals surface area contributed by atoms with E-state index in [0.717, 1.165) is 19.0 Å². The van der Waals surface area contributed by atoms with Crippen LogP contribution in [-0.2, 0) is 6.54 Å². The van der Waals surface area contributed by atoms with Gasteiger partial charge < -0.3 is 5.32 Å². The first-order chi connectivity index (χ1) is 8.28. The summed E-state index contributed by atoms with van der Waals surface area (Å²) < 4.78 is 0. The molecule has 0 spiro atoms. The minimum Gasteiger partial charge on any atom is -0.319 e. The van der Waals surface area contributed by atoms with E-state index in [1.165, 1.54) is 37.2 Å². The van der Waals surface area contributed by atoms with E-state index in [9.17, 15) is 0 Å². The van der Waals surface area contributed by atoms with Crippen molar-refractivity contribution in [1.82, 2.24) is 15.2 Å². The average molecular weight is 270 g/mol. The van der Waals surface area contributed by atoms with Crippen molar-refractivity contribution >= 4 is 12.4 Å². The molecular formula is C14H24ClN3. The van der Waals surface area contributed by atoms with Gasteiger partial charge in [0.25, 0.3) is 0 Å². The van der Waals surface area contributed by atoms with Gasteiger partial charge in [0.2, 0.25) is 0 Å². The van der Waals surface area contributed by atoms with Gasteiger partial charge in [-0.3, -0.25) is 9.88 Å². The normalized spacial score (nSPS) is 17.4. The number of likely N-dealkylation sites (tertiary alicyclic amines) is 1. The van der Waals surface area contributed by atoms with Crippen LogP contribution >= 0.6 is 12.4 Å². The summed E-state index contributed by atoms with van der Waals surface area (Å²) in [6.07, 6.45) is 4.59. The fourth-order valence-corrected chi connectivity index (χ4v) is 2.46.